The van der Waals surface area contributed by atoms with E-state index in [-0.39, 0.29) is 0 Å². The topological polar surface area (TPSA) is 24.1 Å². The van der Waals surface area contributed by atoms with E-state index in [0.717, 1.165) is 13.1 Å². The third-order valence-electron chi connectivity index (χ3n) is 2.33. The summed E-state index contributed by atoms with van der Waals surface area (Å²) < 4.78 is 0. The summed E-state index contributed by atoms with van der Waals surface area (Å²) in [4.78, 5) is 0. The minimum Gasteiger partial charge on any atom is -0.383 e. The number of hydrogen-bond acceptors (Lipinski definition) is 2. The van der Waals surface area contributed by atoms with Gasteiger partial charge in [0.2, 0.25) is 0 Å². The molecule has 13 heavy (non-hydrogen) atoms. The predicted molar refractivity (Wildman–Crippen MR) is 55.7 cm³/mol. The maximum atomic E-state index is 3.47. The van der Waals surface area contributed by atoms with Gasteiger partial charge >= 0.3 is 0 Å². The van der Waals surface area contributed by atoms with Gasteiger partial charge < -0.3 is 10.6 Å². The van der Waals surface area contributed by atoms with Crippen LogP contribution in [0.4, 0.5) is 5.69 Å². The molecule has 1 aromatic carbocycles. The van der Waals surface area contributed by atoms with Crippen LogP contribution in [-0.4, -0.2) is 6.04 Å². The molecule has 2 heteroatoms. The molecular weight excluding hydrogens is 160 g/mol. The second-order valence-corrected chi connectivity index (χ2v) is 3.85. The number of rotatable bonds is 2. The summed E-state index contributed by atoms with van der Waals surface area (Å²) in [6.07, 6.45) is 0. The van der Waals surface area contributed by atoms with Gasteiger partial charge in [-0.25, -0.2) is 0 Å². The molecule has 0 saturated heterocycles. The van der Waals surface area contributed by atoms with Gasteiger partial charge in [0.1, 0.15) is 0 Å². The van der Waals surface area contributed by atoms with E-state index in [4.69, 9.17) is 0 Å². The molecule has 0 atom stereocenters. The minimum atomic E-state index is 0.507. The summed E-state index contributed by atoms with van der Waals surface area (Å²) in [5.74, 6) is 0. The molecule has 0 spiro atoms. The molecule has 0 fully saturated rings. The number of anilines is 1. The Morgan fingerprint density at radius 2 is 2.15 bits per heavy atom. The zero-order valence-electron chi connectivity index (χ0n) is 8.22. The van der Waals surface area contributed by atoms with E-state index in [1.807, 2.05) is 0 Å². The van der Waals surface area contributed by atoms with Gasteiger partial charge in [-0.1, -0.05) is 12.1 Å². The molecule has 1 aliphatic heterocycles. The Morgan fingerprint density at radius 3 is 2.92 bits per heavy atom. The Kier molecular flexibility index (Phi) is 2.23. The van der Waals surface area contributed by atoms with E-state index in [0.29, 0.717) is 6.04 Å². The van der Waals surface area contributed by atoms with E-state index < -0.39 is 0 Å². The Hall–Kier alpha value is -1.02. The van der Waals surface area contributed by atoms with Gasteiger partial charge in [-0.2, -0.15) is 0 Å². The van der Waals surface area contributed by atoms with Crippen LogP contribution in [0.2, 0.25) is 0 Å². The molecule has 70 valence electrons. The van der Waals surface area contributed by atoms with Crippen LogP contribution >= 0.6 is 0 Å². The van der Waals surface area contributed by atoms with Crippen molar-refractivity contribution >= 4 is 5.69 Å². The maximum Gasteiger partial charge on any atom is 0.0391 e. The van der Waals surface area contributed by atoms with Gasteiger partial charge in [0.15, 0.2) is 0 Å². The van der Waals surface area contributed by atoms with Crippen LogP contribution in [0.15, 0.2) is 18.2 Å². The van der Waals surface area contributed by atoms with Crippen LogP contribution < -0.4 is 10.6 Å². The highest BCUT2D eigenvalue weighted by Crippen LogP contribution is 2.24. The molecule has 1 heterocycles. The number of hydrogen-bond donors (Lipinski definition) is 2. The molecule has 0 saturated carbocycles. The van der Waals surface area contributed by atoms with Crippen molar-refractivity contribution in [3.8, 4) is 0 Å². The van der Waals surface area contributed by atoms with Crippen molar-refractivity contribution in [2.75, 3.05) is 5.32 Å². The lowest BCUT2D eigenvalue weighted by Gasteiger charge is -2.13. The van der Waals surface area contributed by atoms with Crippen molar-refractivity contribution in [3.63, 3.8) is 0 Å². The molecule has 0 radical (unpaired) electrons. The molecule has 2 rings (SSSR count). The Balaban J connectivity index is 2.30. The van der Waals surface area contributed by atoms with Gasteiger partial charge in [-0.3, -0.25) is 0 Å². The van der Waals surface area contributed by atoms with E-state index in [1.165, 1.54) is 16.8 Å². The van der Waals surface area contributed by atoms with E-state index in [2.05, 4.69) is 42.7 Å². The highest BCUT2D eigenvalue weighted by Gasteiger charge is 2.13. The van der Waals surface area contributed by atoms with Crippen molar-refractivity contribution in [3.05, 3.63) is 29.3 Å². The van der Waals surface area contributed by atoms with Crippen LogP contribution in [0.25, 0.3) is 0 Å². The van der Waals surface area contributed by atoms with Crippen molar-refractivity contribution in [1.29, 1.82) is 0 Å². The molecule has 0 unspecified atom stereocenters. The van der Waals surface area contributed by atoms with Crippen molar-refractivity contribution < 1.29 is 0 Å². The molecule has 0 amide bonds. The Bertz CT molecular complexity index is 305. The van der Waals surface area contributed by atoms with Crippen molar-refractivity contribution in [2.24, 2.45) is 0 Å². The monoisotopic (exact) mass is 176 g/mol. The first-order valence-corrected chi connectivity index (χ1v) is 4.85. The summed E-state index contributed by atoms with van der Waals surface area (Å²) >= 11 is 0. The highest BCUT2D eigenvalue weighted by molar-refractivity contribution is 5.56. The largest absolute Gasteiger partial charge is 0.383 e. The fourth-order valence-electron chi connectivity index (χ4n) is 1.78. The second-order valence-electron chi connectivity index (χ2n) is 3.85. The number of benzene rings is 1. The zero-order valence-corrected chi connectivity index (χ0v) is 8.22. The molecule has 0 aromatic heterocycles. The fraction of sp³-hybridized carbons (Fsp3) is 0.455. The zero-order chi connectivity index (χ0) is 9.26. The van der Waals surface area contributed by atoms with Gasteiger partial charge in [0.05, 0.1) is 0 Å². The summed E-state index contributed by atoms with van der Waals surface area (Å²) in [6, 6.07) is 6.98. The summed E-state index contributed by atoms with van der Waals surface area (Å²) in [5.41, 5.74) is 4.17. The SMILES string of the molecule is CC(C)Nc1cccc2c1CNC2. The molecule has 1 aromatic rings. The third-order valence-corrected chi connectivity index (χ3v) is 2.33. The lowest BCUT2D eigenvalue weighted by atomic mass is 10.1. The van der Waals surface area contributed by atoms with Gasteiger partial charge in [-0.15, -0.1) is 0 Å². The summed E-state index contributed by atoms with van der Waals surface area (Å²) in [7, 11) is 0. The first-order valence-electron chi connectivity index (χ1n) is 4.85. The number of fused-ring (bicyclic) bond motifs is 1. The standard InChI is InChI=1S/C11H16N2/c1-8(2)13-11-5-3-4-9-6-12-7-10(9)11/h3-5,8,12-13H,6-7H2,1-2H3. The maximum absolute atomic E-state index is 3.47. The molecular formula is C11H16N2. The summed E-state index contributed by atoms with van der Waals surface area (Å²) in [6.45, 7) is 6.36. The lowest BCUT2D eigenvalue weighted by molar-refractivity contribution is 0.764. The van der Waals surface area contributed by atoms with E-state index >= 15 is 0 Å². The van der Waals surface area contributed by atoms with Crippen LogP contribution in [0.5, 0.6) is 0 Å². The van der Waals surface area contributed by atoms with Crippen LogP contribution in [0.3, 0.4) is 0 Å². The predicted octanol–water partition coefficient (Wildman–Crippen LogP) is 2.11. The average molecular weight is 176 g/mol. The quantitative estimate of drug-likeness (QED) is 0.721. The molecule has 0 bridgehead atoms. The average Bonchev–Trinajstić information content (AvgIpc) is 2.51. The van der Waals surface area contributed by atoms with Crippen LogP contribution in [0, 0.1) is 0 Å². The highest BCUT2D eigenvalue weighted by atomic mass is 14.9. The van der Waals surface area contributed by atoms with E-state index in [9.17, 15) is 0 Å². The Morgan fingerprint density at radius 1 is 1.31 bits per heavy atom. The molecule has 1 aliphatic rings. The third kappa shape index (κ3) is 1.68. The molecule has 2 N–H and O–H groups in total. The normalized spacial score (nSPS) is 14.7. The Labute approximate surface area is 79.4 Å². The fourth-order valence-corrected chi connectivity index (χ4v) is 1.78. The van der Waals surface area contributed by atoms with E-state index in [1.54, 1.807) is 0 Å². The van der Waals surface area contributed by atoms with Crippen LogP contribution in [-0.2, 0) is 13.1 Å². The smallest absolute Gasteiger partial charge is 0.0391 e. The lowest BCUT2D eigenvalue weighted by Crippen LogP contribution is -2.11. The first-order chi connectivity index (χ1) is 6.27. The molecule has 0 aliphatic carbocycles. The van der Waals surface area contributed by atoms with Gasteiger partial charge in [0.25, 0.3) is 0 Å². The van der Waals surface area contributed by atoms with Gasteiger partial charge in [0, 0.05) is 24.8 Å². The van der Waals surface area contributed by atoms with Crippen molar-refractivity contribution in [2.45, 2.75) is 33.0 Å². The van der Waals surface area contributed by atoms with Crippen molar-refractivity contribution in [1.82, 2.24) is 5.32 Å². The number of nitrogens with one attached hydrogen (secondary N) is 2. The first kappa shape index (κ1) is 8.57. The molecule has 2 nitrogen and oxygen atoms in total. The van der Waals surface area contributed by atoms with Gasteiger partial charge in [-0.05, 0) is 31.0 Å². The summed E-state index contributed by atoms with van der Waals surface area (Å²) in [5, 5.41) is 6.83. The minimum absolute atomic E-state index is 0.507. The van der Waals surface area contributed by atoms with Crippen LogP contribution in [0.1, 0.15) is 25.0 Å². The second kappa shape index (κ2) is 3.38.